The van der Waals surface area contributed by atoms with E-state index in [2.05, 4.69) is 15.6 Å². The van der Waals surface area contributed by atoms with Gasteiger partial charge in [-0.05, 0) is 51.8 Å². The van der Waals surface area contributed by atoms with Crippen molar-refractivity contribution < 1.29 is 13.9 Å². The number of anilines is 1. The largest absolute Gasteiger partial charge is 0.492 e. The minimum absolute atomic E-state index is 0.0822. The molecular weight excluding hydrogens is 449 g/mol. The first-order valence-corrected chi connectivity index (χ1v) is 11.6. The van der Waals surface area contributed by atoms with Gasteiger partial charge in [-0.1, -0.05) is 18.2 Å². The number of para-hydroxylation sites is 1. The van der Waals surface area contributed by atoms with Crippen LogP contribution in [0.4, 0.5) is 10.2 Å². The van der Waals surface area contributed by atoms with Crippen molar-refractivity contribution in [3.63, 3.8) is 0 Å². The van der Waals surface area contributed by atoms with E-state index in [0.717, 1.165) is 18.4 Å². The maximum absolute atomic E-state index is 14.8. The number of carbonyl (C=O) groups excluding carboxylic acids is 1. The van der Waals surface area contributed by atoms with E-state index in [9.17, 15) is 14.0 Å². The lowest BCUT2D eigenvalue weighted by molar-refractivity contribution is 0.0950. The molecule has 1 aliphatic carbocycles. The first-order chi connectivity index (χ1) is 16.7. The summed E-state index contributed by atoms with van der Waals surface area (Å²) in [6.45, 7) is 6.12. The Morgan fingerprint density at radius 2 is 2.03 bits per heavy atom. The molecule has 0 atom stereocenters. The van der Waals surface area contributed by atoms with Gasteiger partial charge in [0.25, 0.3) is 11.5 Å². The number of rotatable bonds is 9. The third-order valence-electron chi connectivity index (χ3n) is 5.96. The number of benzene rings is 2. The molecule has 3 aromatic rings. The molecule has 35 heavy (non-hydrogen) atoms. The number of ether oxygens (including phenoxy) is 1. The van der Waals surface area contributed by atoms with Crippen molar-refractivity contribution in [1.29, 1.82) is 0 Å². The maximum Gasteiger partial charge on any atom is 0.297 e. The summed E-state index contributed by atoms with van der Waals surface area (Å²) in [6, 6.07) is 10.4. The Bertz CT molecular complexity index is 1300. The van der Waals surface area contributed by atoms with Gasteiger partial charge in [-0.3, -0.25) is 14.2 Å². The molecule has 0 saturated heterocycles. The molecule has 0 aliphatic heterocycles. The molecule has 1 aromatic heterocycles. The van der Waals surface area contributed by atoms with Gasteiger partial charge in [0.2, 0.25) is 0 Å². The van der Waals surface area contributed by atoms with Crippen molar-refractivity contribution in [3.05, 3.63) is 81.7 Å². The smallest absolute Gasteiger partial charge is 0.297 e. The zero-order valence-electron chi connectivity index (χ0n) is 20.1. The van der Waals surface area contributed by atoms with Crippen LogP contribution in [0.2, 0.25) is 0 Å². The van der Waals surface area contributed by atoms with Gasteiger partial charge in [0.05, 0.1) is 11.2 Å². The van der Waals surface area contributed by atoms with Gasteiger partial charge in [-0.25, -0.2) is 9.37 Å². The second-order valence-corrected chi connectivity index (χ2v) is 9.18. The second kappa shape index (κ2) is 9.87. The van der Waals surface area contributed by atoms with Gasteiger partial charge in [0.15, 0.2) is 5.82 Å². The predicted octanol–water partition coefficient (Wildman–Crippen LogP) is 3.26. The number of nitrogens with two attached hydrogens (primary N) is 1. The summed E-state index contributed by atoms with van der Waals surface area (Å²) < 4.78 is 21.8. The van der Waals surface area contributed by atoms with E-state index in [4.69, 9.17) is 10.5 Å². The van der Waals surface area contributed by atoms with Gasteiger partial charge in [0.1, 0.15) is 18.2 Å². The number of amides is 1. The van der Waals surface area contributed by atoms with Gasteiger partial charge in [0, 0.05) is 41.7 Å². The Morgan fingerprint density at radius 1 is 1.29 bits per heavy atom. The summed E-state index contributed by atoms with van der Waals surface area (Å²) in [4.78, 5) is 30.2. The molecule has 0 bridgehead atoms. The molecule has 1 fully saturated rings. The van der Waals surface area contributed by atoms with Crippen molar-refractivity contribution in [2.75, 3.05) is 18.5 Å². The summed E-state index contributed by atoms with van der Waals surface area (Å²) >= 11 is 0. The summed E-state index contributed by atoms with van der Waals surface area (Å²) in [7, 11) is 0. The Kier molecular flexibility index (Phi) is 6.88. The Labute approximate surface area is 203 Å². The highest BCUT2D eigenvalue weighted by Gasteiger charge is 2.27. The third-order valence-corrected chi connectivity index (χ3v) is 5.96. The molecule has 8 nitrogen and oxygen atoms in total. The van der Waals surface area contributed by atoms with Crippen LogP contribution in [0.15, 0.2) is 53.6 Å². The van der Waals surface area contributed by atoms with E-state index in [0.29, 0.717) is 18.9 Å². The Balaban J connectivity index is 1.69. The Morgan fingerprint density at radius 3 is 2.74 bits per heavy atom. The first kappa shape index (κ1) is 24.4. The monoisotopic (exact) mass is 479 g/mol. The fraction of sp³-hybridized carbons (Fsp3) is 0.346. The lowest BCUT2D eigenvalue weighted by Gasteiger charge is -2.29. The first-order valence-electron chi connectivity index (χ1n) is 11.6. The van der Waals surface area contributed by atoms with Gasteiger partial charge < -0.3 is 21.1 Å². The molecule has 1 heterocycles. The van der Waals surface area contributed by atoms with E-state index in [-0.39, 0.29) is 34.6 Å². The molecule has 4 N–H and O–H groups in total. The lowest BCUT2D eigenvalue weighted by atomic mass is 9.93. The zero-order valence-corrected chi connectivity index (χ0v) is 20.1. The third kappa shape index (κ3) is 5.35. The molecule has 1 aliphatic rings. The second-order valence-electron chi connectivity index (χ2n) is 9.18. The number of nitrogens with one attached hydrogen (secondary N) is 2. The molecule has 2 aromatic carbocycles. The predicted molar refractivity (Wildman–Crippen MR) is 133 cm³/mol. The molecule has 4 rings (SSSR count). The maximum atomic E-state index is 14.8. The number of halogens is 1. The fourth-order valence-corrected chi connectivity index (χ4v) is 3.87. The van der Waals surface area contributed by atoms with Gasteiger partial charge >= 0.3 is 0 Å². The van der Waals surface area contributed by atoms with Crippen LogP contribution in [0, 0.1) is 12.7 Å². The number of carbonyl (C=O) groups is 1. The van der Waals surface area contributed by atoms with Gasteiger partial charge in [-0.15, -0.1) is 0 Å². The standard InChI is InChI=1S/C26H30FN5O3/c1-16-20(27)14-17(24(33)30-18-8-9-18)15-21(16)32-12-11-29-23(25(32)34)31-26(2,3)19-6-4-5-7-22(19)35-13-10-28/h4-7,11-12,14-15,18H,8-10,13,28H2,1-3H3,(H,29,31)(H,30,33). The minimum atomic E-state index is -0.733. The summed E-state index contributed by atoms with van der Waals surface area (Å²) in [5, 5.41) is 6.06. The normalized spacial score (nSPS) is 13.4. The van der Waals surface area contributed by atoms with E-state index < -0.39 is 16.9 Å². The molecular formula is C26H30FN5O3. The quantitative estimate of drug-likeness (QED) is 0.434. The molecule has 1 amide bonds. The van der Waals surface area contributed by atoms with Crippen LogP contribution < -0.4 is 26.7 Å². The van der Waals surface area contributed by atoms with Gasteiger partial charge in [-0.2, -0.15) is 0 Å². The van der Waals surface area contributed by atoms with Crippen molar-refractivity contribution >= 4 is 11.7 Å². The molecule has 1 saturated carbocycles. The Hall–Kier alpha value is -3.72. The van der Waals surface area contributed by atoms with Crippen LogP contribution >= 0.6 is 0 Å². The van der Waals surface area contributed by atoms with Crippen molar-refractivity contribution in [2.24, 2.45) is 5.73 Å². The molecule has 0 spiro atoms. The van der Waals surface area contributed by atoms with E-state index in [1.807, 2.05) is 38.1 Å². The molecule has 184 valence electrons. The molecule has 0 unspecified atom stereocenters. The van der Waals surface area contributed by atoms with Crippen LogP contribution in [0.5, 0.6) is 5.75 Å². The van der Waals surface area contributed by atoms with E-state index in [1.165, 1.54) is 29.1 Å². The number of hydrogen-bond acceptors (Lipinski definition) is 6. The van der Waals surface area contributed by atoms with Crippen LogP contribution in [0.25, 0.3) is 5.69 Å². The average molecular weight is 480 g/mol. The SMILES string of the molecule is Cc1c(F)cc(C(=O)NC2CC2)cc1-n1ccnc(NC(C)(C)c2ccccc2OCCN)c1=O. The summed E-state index contributed by atoms with van der Waals surface area (Å²) in [5.41, 5.74) is 5.91. The number of nitrogens with zero attached hydrogens (tertiary/aromatic N) is 2. The lowest BCUT2D eigenvalue weighted by Crippen LogP contribution is -2.34. The summed E-state index contributed by atoms with van der Waals surface area (Å²) in [6.07, 6.45) is 4.76. The van der Waals surface area contributed by atoms with Crippen LogP contribution in [0.3, 0.4) is 0 Å². The van der Waals surface area contributed by atoms with Crippen LogP contribution in [0.1, 0.15) is 48.2 Å². The number of hydrogen-bond donors (Lipinski definition) is 3. The van der Waals surface area contributed by atoms with Crippen molar-refractivity contribution in [3.8, 4) is 11.4 Å². The highest BCUT2D eigenvalue weighted by molar-refractivity contribution is 5.95. The molecule has 0 radical (unpaired) electrons. The van der Waals surface area contributed by atoms with Crippen molar-refractivity contribution in [2.45, 2.75) is 45.2 Å². The van der Waals surface area contributed by atoms with E-state index >= 15 is 0 Å². The highest BCUT2D eigenvalue weighted by atomic mass is 19.1. The van der Waals surface area contributed by atoms with E-state index in [1.54, 1.807) is 6.92 Å². The summed E-state index contributed by atoms with van der Waals surface area (Å²) in [5.74, 6) is -0.186. The average Bonchev–Trinajstić information content (AvgIpc) is 3.65. The highest BCUT2D eigenvalue weighted by Crippen LogP contribution is 2.32. The van der Waals surface area contributed by atoms with Crippen LogP contribution in [-0.2, 0) is 5.54 Å². The topological polar surface area (TPSA) is 111 Å². The van der Waals surface area contributed by atoms with Crippen LogP contribution in [-0.4, -0.2) is 34.7 Å². The zero-order chi connectivity index (χ0) is 25.2. The fourth-order valence-electron chi connectivity index (χ4n) is 3.87. The number of aromatic nitrogens is 2. The van der Waals surface area contributed by atoms with Crippen molar-refractivity contribution in [1.82, 2.24) is 14.9 Å². The molecule has 9 heteroatoms. The minimum Gasteiger partial charge on any atom is -0.492 e.